The first-order valence-electron chi connectivity index (χ1n) is 4.59. The topological polar surface area (TPSA) is 40.0 Å². The molecule has 1 saturated carbocycles. The lowest BCUT2D eigenvalue weighted by Gasteiger charge is -2.02. The van der Waals surface area contributed by atoms with Crippen molar-refractivity contribution < 1.29 is 4.99 Å². The highest BCUT2D eigenvalue weighted by Crippen LogP contribution is 2.13. The smallest absolute Gasteiger partial charge is 0.243 e. The van der Waals surface area contributed by atoms with Crippen LogP contribution in [0.15, 0.2) is 0 Å². The Labute approximate surface area is 68.9 Å². The van der Waals surface area contributed by atoms with Crippen LogP contribution in [-0.4, -0.2) is 11.9 Å². The van der Waals surface area contributed by atoms with E-state index in [1.807, 2.05) is 0 Å². The molecular formula is C9H19N2+. The van der Waals surface area contributed by atoms with E-state index in [0.717, 1.165) is 5.84 Å². The Morgan fingerprint density at radius 1 is 1.36 bits per heavy atom. The molecule has 1 aliphatic rings. The summed E-state index contributed by atoms with van der Waals surface area (Å²) in [5.74, 6) is 1.42. The van der Waals surface area contributed by atoms with Gasteiger partial charge in [0.05, 0.1) is 12.0 Å². The maximum atomic E-state index is 5.80. The molecule has 1 aliphatic carbocycles. The van der Waals surface area contributed by atoms with Crippen molar-refractivity contribution in [1.29, 1.82) is 0 Å². The fraction of sp³-hybridized carbons (Fsp3) is 0.889. The SMILES string of the molecule is CC(C)C(N)=[NH+]C1CCCC1. The number of nitrogens with two attached hydrogens (primary N) is 1. The molecule has 0 aromatic rings. The highest BCUT2D eigenvalue weighted by molar-refractivity contribution is 5.76. The van der Waals surface area contributed by atoms with E-state index in [1.54, 1.807) is 0 Å². The summed E-state index contributed by atoms with van der Waals surface area (Å²) in [5, 5.41) is 0. The highest BCUT2D eigenvalue weighted by atomic mass is 14.9. The van der Waals surface area contributed by atoms with Crippen LogP contribution in [0.1, 0.15) is 39.5 Å². The van der Waals surface area contributed by atoms with Crippen LogP contribution in [0.4, 0.5) is 0 Å². The molecule has 0 aromatic heterocycles. The lowest BCUT2D eigenvalue weighted by molar-refractivity contribution is -0.504. The summed E-state index contributed by atoms with van der Waals surface area (Å²) in [6.07, 6.45) is 5.33. The zero-order valence-corrected chi connectivity index (χ0v) is 7.56. The van der Waals surface area contributed by atoms with Gasteiger partial charge in [-0.1, -0.05) is 13.8 Å². The molecule has 0 aliphatic heterocycles. The molecule has 2 heteroatoms. The molecule has 0 spiro atoms. The fourth-order valence-corrected chi connectivity index (χ4v) is 1.47. The van der Waals surface area contributed by atoms with Crippen LogP contribution in [-0.2, 0) is 0 Å². The molecule has 0 bridgehead atoms. The molecule has 3 N–H and O–H groups in total. The van der Waals surface area contributed by atoms with Crippen molar-refractivity contribution in [3.8, 4) is 0 Å². The first-order valence-corrected chi connectivity index (χ1v) is 4.59. The molecular weight excluding hydrogens is 136 g/mol. The first-order chi connectivity index (χ1) is 5.20. The van der Waals surface area contributed by atoms with Gasteiger partial charge in [-0.3, -0.25) is 10.7 Å². The molecule has 1 fully saturated rings. The molecule has 0 radical (unpaired) electrons. The van der Waals surface area contributed by atoms with Gasteiger partial charge in [0.2, 0.25) is 5.84 Å². The van der Waals surface area contributed by atoms with E-state index in [9.17, 15) is 0 Å². The number of nitrogens with one attached hydrogen (secondary N) is 1. The molecule has 0 unspecified atom stereocenters. The Morgan fingerprint density at radius 3 is 2.36 bits per heavy atom. The minimum atomic E-state index is 0.468. The fourth-order valence-electron chi connectivity index (χ4n) is 1.47. The van der Waals surface area contributed by atoms with Crippen LogP contribution in [0, 0.1) is 5.92 Å². The molecule has 0 saturated heterocycles. The van der Waals surface area contributed by atoms with E-state index in [2.05, 4.69) is 18.8 Å². The monoisotopic (exact) mass is 155 g/mol. The summed E-state index contributed by atoms with van der Waals surface area (Å²) >= 11 is 0. The van der Waals surface area contributed by atoms with E-state index in [0.29, 0.717) is 12.0 Å². The molecule has 64 valence electrons. The maximum Gasteiger partial charge on any atom is 0.243 e. The van der Waals surface area contributed by atoms with Crippen LogP contribution in [0.3, 0.4) is 0 Å². The zero-order chi connectivity index (χ0) is 8.27. The second kappa shape index (κ2) is 3.74. The molecule has 1 rings (SSSR count). The van der Waals surface area contributed by atoms with Crippen molar-refractivity contribution >= 4 is 5.84 Å². The number of amidine groups is 1. The lowest BCUT2D eigenvalue weighted by Crippen LogP contribution is -2.81. The predicted octanol–water partition coefficient (Wildman–Crippen LogP) is 0.0228. The lowest BCUT2D eigenvalue weighted by atomic mass is 10.2. The van der Waals surface area contributed by atoms with Crippen molar-refractivity contribution in [3.63, 3.8) is 0 Å². The van der Waals surface area contributed by atoms with Crippen molar-refractivity contribution in [2.45, 2.75) is 45.6 Å². The minimum absolute atomic E-state index is 0.468. The van der Waals surface area contributed by atoms with Crippen molar-refractivity contribution in [2.24, 2.45) is 11.7 Å². The standard InChI is InChI=1S/C9H18N2/c1-7(2)9(10)11-8-5-3-4-6-8/h7-8H,3-6H2,1-2H3,(H2,10,11)/p+1. The van der Waals surface area contributed by atoms with Crippen LogP contribution >= 0.6 is 0 Å². The maximum absolute atomic E-state index is 5.80. The summed E-state index contributed by atoms with van der Waals surface area (Å²) in [6, 6.07) is 0.664. The van der Waals surface area contributed by atoms with Gasteiger partial charge in [0.1, 0.15) is 0 Å². The normalized spacial score (nSPS) is 21.5. The van der Waals surface area contributed by atoms with Gasteiger partial charge in [0.25, 0.3) is 0 Å². The van der Waals surface area contributed by atoms with Crippen molar-refractivity contribution in [2.75, 3.05) is 0 Å². The molecule has 0 amide bonds. The quantitative estimate of drug-likeness (QED) is 0.428. The number of hydrogen-bond acceptors (Lipinski definition) is 0. The van der Waals surface area contributed by atoms with Gasteiger partial charge < -0.3 is 0 Å². The van der Waals surface area contributed by atoms with Gasteiger partial charge in [-0.2, -0.15) is 0 Å². The second-order valence-corrected chi connectivity index (χ2v) is 3.74. The van der Waals surface area contributed by atoms with Crippen molar-refractivity contribution in [1.82, 2.24) is 0 Å². The van der Waals surface area contributed by atoms with E-state index in [-0.39, 0.29) is 0 Å². The predicted molar refractivity (Wildman–Crippen MR) is 47.3 cm³/mol. The number of rotatable bonds is 2. The molecule has 11 heavy (non-hydrogen) atoms. The van der Waals surface area contributed by atoms with E-state index >= 15 is 0 Å². The third-order valence-electron chi connectivity index (χ3n) is 2.35. The van der Waals surface area contributed by atoms with E-state index in [4.69, 9.17) is 5.73 Å². The largest absolute Gasteiger partial charge is 0.291 e. The van der Waals surface area contributed by atoms with Gasteiger partial charge in [-0.15, -0.1) is 0 Å². The Bertz CT molecular complexity index is 144. The summed E-state index contributed by atoms with van der Waals surface area (Å²) in [6.45, 7) is 4.24. The van der Waals surface area contributed by atoms with E-state index < -0.39 is 0 Å². The molecule has 0 heterocycles. The summed E-state index contributed by atoms with van der Waals surface area (Å²) in [4.78, 5) is 3.37. The van der Waals surface area contributed by atoms with Gasteiger partial charge in [-0.25, -0.2) is 0 Å². The Morgan fingerprint density at radius 2 is 1.91 bits per heavy atom. The molecule has 2 nitrogen and oxygen atoms in total. The highest BCUT2D eigenvalue weighted by Gasteiger charge is 2.17. The average Bonchev–Trinajstić information content (AvgIpc) is 2.39. The molecule has 0 atom stereocenters. The van der Waals surface area contributed by atoms with Crippen LogP contribution in [0.5, 0.6) is 0 Å². The summed E-state index contributed by atoms with van der Waals surface area (Å²) in [7, 11) is 0. The Kier molecular flexibility index (Phi) is 2.92. The van der Waals surface area contributed by atoms with E-state index in [1.165, 1.54) is 25.7 Å². The van der Waals surface area contributed by atoms with Gasteiger partial charge in [0, 0.05) is 0 Å². The van der Waals surface area contributed by atoms with Crippen LogP contribution in [0.25, 0.3) is 0 Å². The molecule has 0 aromatic carbocycles. The summed E-state index contributed by atoms with van der Waals surface area (Å²) < 4.78 is 0. The summed E-state index contributed by atoms with van der Waals surface area (Å²) in [5.41, 5.74) is 5.80. The third-order valence-corrected chi connectivity index (χ3v) is 2.35. The third kappa shape index (κ3) is 2.52. The van der Waals surface area contributed by atoms with Gasteiger partial charge >= 0.3 is 0 Å². The van der Waals surface area contributed by atoms with Gasteiger partial charge in [0.15, 0.2) is 0 Å². The minimum Gasteiger partial charge on any atom is -0.291 e. The second-order valence-electron chi connectivity index (χ2n) is 3.74. The average molecular weight is 155 g/mol. The first kappa shape index (κ1) is 8.57. The van der Waals surface area contributed by atoms with Crippen LogP contribution < -0.4 is 10.7 Å². The Balaban J connectivity index is 2.42. The van der Waals surface area contributed by atoms with Crippen LogP contribution in [0.2, 0.25) is 0 Å². The van der Waals surface area contributed by atoms with Gasteiger partial charge in [-0.05, 0) is 25.7 Å². The van der Waals surface area contributed by atoms with Crippen molar-refractivity contribution in [3.05, 3.63) is 0 Å². The Hall–Kier alpha value is -0.530. The number of hydrogen-bond donors (Lipinski definition) is 2. The zero-order valence-electron chi connectivity index (χ0n) is 7.56.